The first-order valence-electron chi connectivity index (χ1n) is 6.83. The largest absolute Gasteiger partial charge is 0.486 e. The van der Waals surface area contributed by atoms with E-state index in [2.05, 4.69) is 15.5 Å². The molecule has 0 saturated carbocycles. The second-order valence-corrected chi connectivity index (χ2v) is 6.82. The molecule has 0 spiro atoms. The van der Waals surface area contributed by atoms with Gasteiger partial charge in [-0.1, -0.05) is 46.7 Å². The van der Waals surface area contributed by atoms with Crippen molar-refractivity contribution in [3.8, 4) is 5.75 Å². The highest BCUT2D eigenvalue weighted by Gasteiger charge is 2.06. The van der Waals surface area contributed by atoms with Crippen molar-refractivity contribution in [3.05, 3.63) is 63.1 Å². The van der Waals surface area contributed by atoms with E-state index >= 15 is 0 Å². The van der Waals surface area contributed by atoms with Gasteiger partial charge in [0.25, 0.3) is 0 Å². The summed E-state index contributed by atoms with van der Waals surface area (Å²) in [5.74, 6) is 0.603. The van der Waals surface area contributed by atoms with Gasteiger partial charge in [0.1, 0.15) is 12.4 Å². The van der Waals surface area contributed by atoms with Crippen LogP contribution in [0.5, 0.6) is 5.75 Å². The lowest BCUT2D eigenvalue weighted by Gasteiger charge is -2.04. The average Bonchev–Trinajstić information content (AvgIpc) is 2.92. The standard InChI is InChI=1S/C16H13Cl2N3OS/c1-10-3-2-4-13(5-10)19-16-21-20-15(23-16)9-22-14-7-11(17)6-12(18)8-14/h2-8H,9H2,1H3,(H,19,21). The Kier molecular flexibility index (Phi) is 5.00. The van der Waals surface area contributed by atoms with E-state index < -0.39 is 0 Å². The third kappa shape index (κ3) is 4.58. The number of ether oxygens (including phenoxy) is 1. The van der Waals surface area contributed by atoms with E-state index in [0.29, 0.717) is 22.4 Å². The van der Waals surface area contributed by atoms with Crippen LogP contribution in [-0.4, -0.2) is 10.2 Å². The summed E-state index contributed by atoms with van der Waals surface area (Å²) in [5.41, 5.74) is 2.16. The summed E-state index contributed by atoms with van der Waals surface area (Å²) in [7, 11) is 0. The minimum Gasteiger partial charge on any atom is -0.486 e. The highest BCUT2D eigenvalue weighted by molar-refractivity contribution is 7.15. The minimum absolute atomic E-state index is 0.309. The Bertz CT molecular complexity index is 802. The molecule has 23 heavy (non-hydrogen) atoms. The van der Waals surface area contributed by atoms with Crippen molar-refractivity contribution in [1.29, 1.82) is 0 Å². The van der Waals surface area contributed by atoms with Crippen molar-refractivity contribution in [1.82, 2.24) is 10.2 Å². The molecule has 0 amide bonds. The maximum atomic E-state index is 5.94. The molecule has 3 rings (SSSR count). The number of hydrogen-bond donors (Lipinski definition) is 1. The van der Waals surface area contributed by atoms with Gasteiger partial charge in [-0.2, -0.15) is 0 Å². The smallest absolute Gasteiger partial charge is 0.210 e. The Balaban J connectivity index is 1.63. The number of halogens is 2. The van der Waals surface area contributed by atoms with Crippen molar-refractivity contribution in [2.24, 2.45) is 0 Å². The Labute approximate surface area is 148 Å². The molecule has 0 fully saturated rings. The molecular formula is C16H13Cl2N3OS. The topological polar surface area (TPSA) is 47.0 Å². The SMILES string of the molecule is Cc1cccc(Nc2nnc(COc3cc(Cl)cc(Cl)c3)s2)c1. The Hall–Kier alpha value is -1.82. The van der Waals surface area contributed by atoms with Crippen molar-refractivity contribution < 1.29 is 4.74 Å². The van der Waals surface area contributed by atoms with Gasteiger partial charge in [-0.05, 0) is 42.8 Å². The Morgan fingerprint density at radius 2 is 1.87 bits per heavy atom. The van der Waals surface area contributed by atoms with Crippen LogP contribution in [-0.2, 0) is 6.61 Å². The van der Waals surface area contributed by atoms with Gasteiger partial charge in [0, 0.05) is 15.7 Å². The zero-order chi connectivity index (χ0) is 16.2. The highest BCUT2D eigenvalue weighted by atomic mass is 35.5. The molecule has 1 heterocycles. The number of anilines is 2. The lowest BCUT2D eigenvalue weighted by Crippen LogP contribution is -1.94. The molecule has 1 N–H and O–H groups in total. The van der Waals surface area contributed by atoms with Crippen LogP contribution in [0.2, 0.25) is 10.0 Å². The summed E-state index contributed by atoms with van der Waals surface area (Å²) in [4.78, 5) is 0. The summed E-state index contributed by atoms with van der Waals surface area (Å²) >= 11 is 13.3. The molecule has 1 aromatic heterocycles. The highest BCUT2D eigenvalue weighted by Crippen LogP contribution is 2.26. The number of aryl methyl sites for hydroxylation is 1. The summed E-state index contributed by atoms with van der Waals surface area (Å²) < 4.78 is 5.65. The first-order valence-corrected chi connectivity index (χ1v) is 8.41. The van der Waals surface area contributed by atoms with Gasteiger partial charge in [-0.25, -0.2) is 0 Å². The molecule has 3 aromatic rings. The van der Waals surface area contributed by atoms with Crippen LogP contribution in [0, 0.1) is 6.92 Å². The molecule has 0 atom stereocenters. The Morgan fingerprint density at radius 1 is 1.09 bits per heavy atom. The fourth-order valence-electron chi connectivity index (χ4n) is 1.97. The number of rotatable bonds is 5. The van der Waals surface area contributed by atoms with Gasteiger partial charge < -0.3 is 10.1 Å². The number of aromatic nitrogens is 2. The van der Waals surface area contributed by atoms with Gasteiger partial charge in [-0.15, -0.1) is 10.2 Å². The second kappa shape index (κ2) is 7.17. The fourth-order valence-corrected chi connectivity index (χ4v) is 3.14. The normalized spacial score (nSPS) is 10.6. The van der Waals surface area contributed by atoms with Crippen LogP contribution in [0.1, 0.15) is 10.6 Å². The van der Waals surface area contributed by atoms with E-state index in [4.69, 9.17) is 27.9 Å². The number of hydrogen-bond acceptors (Lipinski definition) is 5. The molecule has 118 valence electrons. The lowest BCUT2D eigenvalue weighted by molar-refractivity contribution is 0.304. The molecule has 4 nitrogen and oxygen atoms in total. The first kappa shape index (κ1) is 16.1. The van der Waals surface area contributed by atoms with Crippen molar-refractivity contribution in [2.45, 2.75) is 13.5 Å². The van der Waals surface area contributed by atoms with Gasteiger partial charge in [0.15, 0.2) is 5.01 Å². The quantitative estimate of drug-likeness (QED) is 0.650. The maximum absolute atomic E-state index is 5.94. The van der Waals surface area contributed by atoms with Crippen molar-refractivity contribution in [3.63, 3.8) is 0 Å². The predicted molar refractivity (Wildman–Crippen MR) is 95.2 cm³/mol. The van der Waals surface area contributed by atoms with Crippen LogP contribution in [0.3, 0.4) is 0 Å². The van der Waals surface area contributed by atoms with Crippen LogP contribution in [0.25, 0.3) is 0 Å². The molecule has 0 unspecified atom stereocenters. The summed E-state index contributed by atoms with van der Waals surface area (Å²) in [6.45, 7) is 2.35. The molecular weight excluding hydrogens is 353 g/mol. The van der Waals surface area contributed by atoms with E-state index in [1.54, 1.807) is 18.2 Å². The molecule has 0 aliphatic rings. The molecule has 0 aliphatic carbocycles. The molecule has 7 heteroatoms. The molecule has 0 aliphatic heterocycles. The average molecular weight is 366 g/mol. The van der Waals surface area contributed by atoms with Crippen LogP contribution in [0.4, 0.5) is 10.8 Å². The van der Waals surface area contributed by atoms with Crippen molar-refractivity contribution >= 4 is 45.4 Å². The van der Waals surface area contributed by atoms with Gasteiger partial charge in [-0.3, -0.25) is 0 Å². The maximum Gasteiger partial charge on any atom is 0.210 e. The van der Waals surface area contributed by atoms with E-state index in [9.17, 15) is 0 Å². The fraction of sp³-hybridized carbons (Fsp3) is 0.125. The number of benzene rings is 2. The zero-order valence-electron chi connectivity index (χ0n) is 12.2. The van der Waals surface area contributed by atoms with E-state index in [-0.39, 0.29) is 0 Å². The monoisotopic (exact) mass is 365 g/mol. The number of nitrogens with one attached hydrogen (secondary N) is 1. The van der Waals surface area contributed by atoms with Gasteiger partial charge >= 0.3 is 0 Å². The minimum atomic E-state index is 0.309. The summed E-state index contributed by atoms with van der Waals surface area (Å²) in [6.07, 6.45) is 0. The molecule has 0 radical (unpaired) electrons. The van der Waals surface area contributed by atoms with E-state index in [0.717, 1.165) is 15.8 Å². The third-order valence-corrected chi connectivity index (χ3v) is 4.18. The second-order valence-electron chi connectivity index (χ2n) is 4.89. The number of nitrogens with zero attached hydrogens (tertiary/aromatic N) is 2. The first-order chi connectivity index (χ1) is 11.1. The van der Waals surface area contributed by atoms with Crippen LogP contribution in [0.15, 0.2) is 42.5 Å². The third-order valence-electron chi connectivity index (χ3n) is 2.93. The van der Waals surface area contributed by atoms with Crippen LogP contribution < -0.4 is 10.1 Å². The molecule has 2 aromatic carbocycles. The molecule has 0 saturated heterocycles. The lowest BCUT2D eigenvalue weighted by atomic mass is 10.2. The van der Waals surface area contributed by atoms with Gasteiger partial charge in [0.05, 0.1) is 0 Å². The Morgan fingerprint density at radius 3 is 2.61 bits per heavy atom. The summed E-state index contributed by atoms with van der Waals surface area (Å²) in [6, 6.07) is 13.1. The van der Waals surface area contributed by atoms with Gasteiger partial charge in [0.2, 0.25) is 5.13 Å². The zero-order valence-corrected chi connectivity index (χ0v) is 14.5. The van der Waals surface area contributed by atoms with E-state index in [1.165, 1.54) is 16.9 Å². The van der Waals surface area contributed by atoms with Crippen LogP contribution >= 0.6 is 34.5 Å². The summed E-state index contributed by atoms with van der Waals surface area (Å²) in [5, 5.41) is 14.0. The predicted octanol–water partition coefficient (Wildman–Crippen LogP) is 5.48. The van der Waals surface area contributed by atoms with E-state index in [1.807, 2.05) is 31.2 Å². The van der Waals surface area contributed by atoms with Crippen molar-refractivity contribution in [2.75, 3.05) is 5.32 Å². The molecule has 0 bridgehead atoms.